The average Bonchev–Trinajstić information content (AvgIpc) is 2.39. The SMILES string of the molecule is COCCCN=C(NN)Nc1cc(F)c(C)cc1F. The molecule has 0 aliphatic carbocycles. The largest absolute Gasteiger partial charge is 0.385 e. The van der Waals surface area contributed by atoms with Crippen molar-refractivity contribution >= 4 is 11.6 Å². The van der Waals surface area contributed by atoms with E-state index in [4.69, 9.17) is 10.6 Å². The number of hydrogen-bond acceptors (Lipinski definition) is 3. The molecule has 19 heavy (non-hydrogen) atoms. The number of nitrogens with two attached hydrogens (primary N) is 1. The second-order valence-electron chi connectivity index (χ2n) is 3.93. The summed E-state index contributed by atoms with van der Waals surface area (Å²) in [5.41, 5.74) is 2.51. The molecule has 1 aromatic rings. The lowest BCUT2D eigenvalue weighted by atomic mass is 10.2. The quantitative estimate of drug-likeness (QED) is 0.250. The molecule has 0 heterocycles. The van der Waals surface area contributed by atoms with Crippen molar-refractivity contribution in [2.24, 2.45) is 10.8 Å². The van der Waals surface area contributed by atoms with Gasteiger partial charge >= 0.3 is 0 Å². The number of methoxy groups -OCH3 is 1. The van der Waals surface area contributed by atoms with E-state index in [1.807, 2.05) is 0 Å². The maximum Gasteiger partial charge on any atom is 0.210 e. The van der Waals surface area contributed by atoms with Gasteiger partial charge in [0, 0.05) is 26.3 Å². The van der Waals surface area contributed by atoms with Crippen LogP contribution in [0.4, 0.5) is 14.5 Å². The summed E-state index contributed by atoms with van der Waals surface area (Å²) in [5.74, 6) is 4.36. The zero-order chi connectivity index (χ0) is 14.3. The van der Waals surface area contributed by atoms with E-state index < -0.39 is 11.6 Å². The molecule has 0 spiro atoms. The Labute approximate surface area is 110 Å². The van der Waals surface area contributed by atoms with Crippen LogP contribution in [0.25, 0.3) is 0 Å². The third kappa shape index (κ3) is 4.80. The third-order valence-electron chi connectivity index (χ3n) is 2.41. The summed E-state index contributed by atoms with van der Waals surface area (Å²) >= 11 is 0. The van der Waals surface area contributed by atoms with Crippen molar-refractivity contribution in [1.82, 2.24) is 5.43 Å². The summed E-state index contributed by atoms with van der Waals surface area (Å²) in [6, 6.07) is 2.17. The van der Waals surface area contributed by atoms with Crippen LogP contribution in [0.3, 0.4) is 0 Å². The van der Waals surface area contributed by atoms with Crippen molar-refractivity contribution in [1.29, 1.82) is 0 Å². The second-order valence-corrected chi connectivity index (χ2v) is 3.93. The molecule has 5 nitrogen and oxygen atoms in total. The van der Waals surface area contributed by atoms with E-state index >= 15 is 0 Å². The molecule has 1 aromatic carbocycles. The lowest BCUT2D eigenvalue weighted by molar-refractivity contribution is 0.197. The van der Waals surface area contributed by atoms with Crippen LogP contribution < -0.4 is 16.6 Å². The van der Waals surface area contributed by atoms with Crippen molar-refractivity contribution in [2.75, 3.05) is 25.6 Å². The topological polar surface area (TPSA) is 71.7 Å². The number of rotatable bonds is 5. The van der Waals surface area contributed by atoms with Gasteiger partial charge in [-0.15, -0.1) is 0 Å². The monoisotopic (exact) mass is 272 g/mol. The summed E-state index contributed by atoms with van der Waals surface area (Å²) in [6.07, 6.45) is 0.702. The number of anilines is 1. The number of aliphatic imine (C=N–C) groups is 1. The molecule has 0 saturated carbocycles. The number of benzene rings is 1. The molecule has 0 unspecified atom stereocenters. The fourth-order valence-electron chi connectivity index (χ4n) is 1.39. The normalized spacial score (nSPS) is 11.5. The number of guanidine groups is 1. The number of hydrazine groups is 1. The summed E-state index contributed by atoms with van der Waals surface area (Å²) in [5, 5.41) is 2.60. The van der Waals surface area contributed by atoms with E-state index in [1.54, 1.807) is 7.11 Å². The molecule has 1 rings (SSSR count). The van der Waals surface area contributed by atoms with E-state index in [-0.39, 0.29) is 17.2 Å². The molecule has 4 N–H and O–H groups in total. The number of hydrogen-bond donors (Lipinski definition) is 3. The highest BCUT2D eigenvalue weighted by Gasteiger charge is 2.08. The minimum atomic E-state index is -0.571. The molecule has 0 aliphatic rings. The smallest absolute Gasteiger partial charge is 0.210 e. The fourth-order valence-corrected chi connectivity index (χ4v) is 1.39. The molecule has 0 amide bonds. The molecule has 0 saturated heterocycles. The summed E-state index contributed by atoms with van der Waals surface area (Å²) in [6.45, 7) is 2.51. The highest BCUT2D eigenvalue weighted by atomic mass is 19.1. The lowest BCUT2D eigenvalue weighted by Crippen LogP contribution is -2.36. The zero-order valence-electron chi connectivity index (χ0n) is 11.0. The Morgan fingerprint density at radius 2 is 2.11 bits per heavy atom. The van der Waals surface area contributed by atoms with Crippen molar-refractivity contribution in [3.63, 3.8) is 0 Å². The molecular formula is C12H18F2N4O. The number of nitrogens with zero attached hydrogens (tertiary/aromatic N) is 1. The Balaban J connectivity index is 2.72. The summed E-state index contributed by atoms with van der Waals surface area (Å²) in [7, 11) is 1.59. The van der Waals surface area contributed by atoms with E-state index in [0.29, 0.717) is 19.6 Å². The fraction of sp³-hybridized carbons (Fsp3) is 0.417. The van der Waals surface area contributed by atoms with Gasteiger partial charge in [0.15, 0.2) is 0 Å². The van der Waals surface area contributed by atoms with Gasteiger partial charge in [-0.2, -0.15) is 0 Å². The average molecular weight is 272 g/mol. The first-order valence-electron chi connectivity index (χ1n) is 5.81. The Kier molecular flexibility index (Phi) is 6.17. The molecule has 0 atom stereocenters. The van der Waals surface area contributed by atoms with Crippen LogP contribution in [0.1, 0.15) is 12.0 Å². The number of halogens is 2. The minimum absolute atomic E-state index is 0.0217. The standard InChI is InChI=1S/C12H18F2N4O/c1-8-6-10(14)11(7-9(8)13)17-12(18-15)16-4-3-5-19-2/h6-7H,3-5,15H2,1-2H3,(H2,16,17,18). The predicted octanol–water partition coefficient (Wildman–Crippen LogP) is 1.54. The van der Waals surface area contributed by atoms with Crippen LogP contribution in [0.5, 0.6) is 0 Å². The highest BCUT2D eigenvalue weighted by Crippen LogP contribution is 2.18. The van der Waals surface area contributed by atoms with Gasteiger partial charge in [-0.05, 0) is 25.0 Å². The predicted molar refractivity (Wildman–Crippen MR) is 70.8 cm³/mol. The Hall–Kier alpha value is -1.73. The van der Waals surface area contributed by atoms with E-state index in [9.17, 15) is 8.78 Å². The zero-order valence-corrected chi connectivity index (χ0v) is 11.0. The van der Waals surface area contributed by atoms with Crippen LogP contribution in [0.2, 0.25) is 0 Å². The van der Waals surface area contributed by atoms with Gasteiger partial charge in [0.25, 0.3) is 0 Å². The number of aryl methyl sites for hydroxylation is 1. The molecule has 106 valence electrons. The molecule has 7 heteroatoms. The minimum Gasteiger partial charge on any atom is -0.385 e. The Morgan fingerprint density at radius 1 is 1.37 bits per heavy atom. The van der Waals surface area contributed by atoms with Crippen molar-refractivity contribution in [3.05, 3.63) is 29.3 Å². The molecule has 0 aromatic heterocycles. The lowest BCUT2D eigenvalue weighted by Gasteiger charge is -2.11. The first-order valence-corrected chi connectivity index (χ1v) is 5.81. The Morgan fingerprint density at radius 3 is 2.74 bits per heavy atom. The van der Waals surface area contributed by atoms with Crippen LogP contribution in [0, 0.1) is 18.6 Å². The number of nitrogens with one attached hydrogen (secondary N) is 2. The Bertz CT molecular complexity index is 452. The first-order chi connectivity index (χ1) is 9.08. The van der Waals surface area contributed by atoms with E-state index in [1.165, 1.54) is 6.92 Å². The summed E-state index contributed by atoms with van der Waals surface area (Å²) < 4.78 is 31.8. The first kappa shape index (κ1) is 15.3. The van der Waals surface area contributed by atoms with E-state index in [2.05, 4.69) is 15.7 Å². The summed E-state index contributed by atoms with van der Waals surface area (Å²) in [4.78, 5) is 4.07. The van der Waals surface area contributed by atoms with Crippen molar-refractivity contribution in [2.45, 2.75) is 13.3 Å². The van der Waals surface area contributed by atoms with Crippen LogP contribution in [0.15, 0.2) is 17.1 Å². The van der Waals surface area contributed by atoms with Gasteiger partial charge in [-0.25, -0.2) is 14.6 Å². The third-order valence-corrected chi connectivity index (χ3v) is 2.41. The number of ether oxygens (including phenoxy) is 1. The van der Waals surface area contributed by atoms with Gasteiger partial charge in [-0.1, -0.05) is 0 Å². The van der Waals surface area contributed by atoms with Gasteiger partial charge < -0.3 is 10.1 Å². The van der Waals surface area contributed by atoms with E-state index in [0.717, 1.165) is 12.1 Å². The molecular weight excluding hydrogens is 254 g/mol. The van der Waals surface area contributed by atoms with Gasteiger partial charge in [-0.3, -0.25) is 10.4 Å². The molecule has 0 radical (unpaired) electrons. The maximum atomic E-state index is 13.6. The molecule has 0 fully saturated rings. The van der Waals surface area contributed by atoms with Gasteiger partial charge in [0.05, 0.1) is 5.69 Å². The maximum absolute atomic E-state index is 13.6. The van der Waals surface area contributed by atoms with Crippen LogP contribution in [-0.4, -0.2) is 26.2 Å². The molecule has 0 bridgehead atoms. The van der Waals surface area contributed by atoms with Crippen LogP contribution >= 0.6 is 0 Å². The second kappa shape index (κ2) is 7.65. The van der Waals surface area contributed by atoms with Gasteiger partial charge in [0.1, 0.15) is 11.6 Å². The highest BCUT2D eigenvalue weighted by molar-refractivity contribution is 5.93. The van der Waals surface area contributed by atoms with Gasteiger partial charge in [0.2, 0.25) is 5.96 Å². The molecule has 0 aliphatic heterocycles. The van der Waals surface area contributed by atoms with Crippen LogP contribution in [-0.2, 0) is 4.74 Å². The van der Waals surface area contributed by atoms with Crippen molar-refractivity contribution < 1.29 is 13.5 Å². The van der Waals surface area contributed by atoms with Crippen molar-refractivity contribution in [3.8, 4) is 0 Å².